The van der Waals surface area contributed by atoms with Gasteiger partial charge in [0.25, 0.3) is 0 Å². The van der Waals surface area contributed by atoms with E-state index < -0.39 is 0 Å². The number of hydrogen-bond donors (Lipinski definition) is 2. The van der Waals surface area contributed by atoms with Gasteiger partial charge in [-0.3, -0.25) is 0 Å². The fourth-order valence-electron chi connectivity index (χ4n) is 2.64. The van der Waals surface area contributed by atoms with Crippen molar-refractivity contribution in [3.63, 3.8) is 0 Å². The lowest BCUT2D eigenvalue weighted by atomic mass is 10.1. The SMILES string of the molecule is C[C@H](NC(=O)NC[C@H]1CCOC1)c1ccc2c(c1)OCCO2. The van der Waals surface area contributed by atoms with Crippen LogP contribution in [0, 0.1) is 5.92 Å². The number of fused-ring (bicyclic) bond motifs is 1. The highest BCUT2D eigenvalue weighted by molar-refractivity contribution is 5.74. The summed E-state index contributed by atoms with van der Waals surface area (Å²) in [5, 5.41) is 5.84. The maximum atomic E-state index is 12.0. The Labute approximate surface area is 130 Å². The quantitative estimate of drug-likeness (QED) is 0.891. The van der Waals surface area contributed by atoms with E-state index in [0.29, 0.717) is 25.7 Å². The Morgan fingerprint density at radius 2 is 2.09 bits per heavy atom. The highest BCUT2D eigenvalue weighted by Crippen LogP contribution is 2.32. The lowest BCUT2D eigenvalue weighted by Crippen LogP contribution is -2.39. The van der Waals surface area contributed by atoms with E-state index >= 15 is 0 Å². The molecule has 2 aliphatic heterocycles. The lowest BCUT2D eigenvalue weighted by Gasteiger charge is -2.21. The molecule has 0 aromatic heterocycles. The van der Waals surface area contributed by atoms with E-state index in [4.69, 9.17) is 14.2 Å². The van der Waals surface area contributed by atoms with Crippen LogP contribution in [0.5, 0.6) is 11.5 Å². The molecule has 3 rings (SSSR count). The van der Waals surface area contributed by atoms with Gasteiger partial charge in [-0.1, -0.05) is 6.07 Å². The smallest absolute Gasteiger partial charge is 0.315 e. The third kappa shape index (κ3) is 3.62. The minimum absolute atomic E-state index is 0.101. The van der Waals surface area contributed by atoms with Crippen LogP contribution in [0.4, 0.5) is 4.79 Å². The van der Waals surface area contributed by atoms with Crippen LogP contribution < -0.4 is 20.1 Å². The van der Waals surface area contributed by atoms with Crippen LogP contribution in [-0.4, -0.2) is 39.0 Å². The van der Waals surface area contributed by atoms with Crippen molar-refractivity contribution < 1.29 is 19.0 Å². The summed E-state index contributed by atoms with van der Waals surface area (Å²) >= 11 is 0. The van der Waals surface area contributed by atoms with Crippen LogP contribution in [0.25, 0.3) is 0 Å². The highest BCUT2D eigenvalue weighted by atomic mass is 16.6. The molecular weight excluding hydrogens is 284 g/mol. The number of urea groups is 1. The van der Waals surface area contributed by atoms with Crippen molar-refractivity contribution >= 4 is 6.03 Å². The van der Waals surface area contributed by atoms with Gasteiger partial charge in [0.2, 0.25) is 0 Å². The minimum Gasteiger partial charge on any atom is -0.486 e. The van der Waals surface area contributed by atoms with Gasteiger partial charge in [0.1, 0.15) is 13.2 Å². The number of hydrogen-bond acceptors (Lipinski definition) is 4. The van der Waals surface area contributed by atoms with Crippen LogP contribution in [-0.2, 0) is 4.74 Å². The molecule has 1 fully saturated rings. The summed E-state index contributed by atoms with van der Waals surface area (Å²) in [6.45, 7) is 5.26. The molecule has 0 radical (unpaired) electrons. The Bertz CT molecular complexity index is 529. The topological polar surface area (TPSA) is 68.8 Å². The molecule has 2 atom stereocenters. The van der Waals surface area contributed by atoms with Gasteiger partial charge in [0.05, 0.1) is 12.6 Å². The summed E-state index contributed by atoms with van der Waals surface area (Å²) in [5.41, 5.74) is 0.989. The fourth-order valence-corrected chi connectivity index (χ4v) is 2.64. The molecule has 0 aliphatic carbocycles. The van der Waals surface area contributed by atoms with E-state index in [-0.39, 0.29) is 12.1 Å². The predicted octanol–water partition coefficient (Wildman–Crippen LogP) is 1.85. The van der Waals surface area contributed by atoms with Crippen molar-refractivity contribution in [1.82, 2.24) is 10.6 Å². The Kier molecular flexibility index (Phi) is 4.68. The van der Waals surface area contributed by atoms with E-state index in [1.807, 2.05) is 25.1 Å². The molecule has 1 aromatic rings. The van der Waals surface area contributed by atoms with Crippen molar-refractivity contribution in [2.75, 3.05) is 33.0 Å². The molecular formula is C16H22N2O4. The number of carbonyl (C=O) groups excluding carboxylic acids is 1. The van der Waals surface area contributed by atoms with Gasteiger partial charge in [0, 0.05) is 19.1 Å². The van der Waals surface area contributed by atoms with Crippen molar-refractivity contribution in [3.05, 3.63) is 23.8 Å². The van der Waals surface area contributed by atoms with Gasteiger partial charge < -0.3 is 24.8 Å². The average Bonchev–Trinajstić information content (AvgIpc) is 3.06. The number of nitrogens with one attached hydrogen (secondary N) is 2. The minimum atomic E-state index is -0.158. The molecule has 0 spiro atoms. The zero-order chi connectivity index (χ0) is 15.4. The van der Waals surface area contributed by atoms with E-state index in [1.165, 1.54) is 0 Å². The molecule has 0 unspecified atom stereocenters. The molecule has 6 nitrogen and oxygen atoms in total. The molecule has 6 heteroatoms. The second-order valence-electron chi connectivity index (χ2n) is 5.71. The maximum absolute atomic E-state index is 12.0. The summed E-state index contributed by atoms with van der Waals surface area (Å²) < 4.78 is 16.4. The van der Waals surface area contributed by atoms with E-state index in [1.54, 1.807) is 0 Å². The second kappa shape index (κ2) is 6.87. The van der Waals surface area contributed by atoms with Crippen molar-refractivity contribution in [2.45, 2.75) is 19.4 Å². The first-order valence-corrected chi connectivity index (χ1v) is 7.74. The third-order valence-electron chi connectivity index (χ3n) is 3.99. The summed E-state index contributed by atoms with van der Waals surface area (Å²) in [5.74, 6) is 1.92. The van der Waals surface area contributed by atoms with Crippen LogP contribution in [0.3, 0.4) is 0 Å². The summed E-state index contributed by atoms with van der Waals surface area (Å²) in [6.07, 6.45) is 1.01. The second-order valence-corrected chi connectivity index (χ2v) is 5.71. The summed E-state index contributed by atoms with van der Waals surface area (Å²) in [4.78, 5) is 12.0. The van der Waals surface area contributed by atoms with Gasteiger partial charge in [-0.25, -0.2) is 4.79 Å². The Morgan fingerprint density at radius 1 is 1.27 bits per heavy atom. The molecule has 1 aromatic carbocycles. The Balaban J connectivity index is 1.52. The van der Waals surface area contributed by atoms with Gasteiger partial charge in [-0.05, 0) is 31.0 Å². The van der Waals surface area contributed by atoms with Crippen LogP contribution in [0.2, 0.25) is 0 Å². The molecule has 2 amide bonds. The average molecular weight is 306 g/mol. The number of rotatable bonds is 4. The number of amides is 2. The molecule has 1 saturated heterocycles. The maximum Gasteiger partial charge on any atom is 0.315 e. The zero-order valence-electron chi connectivity index (χ0n) is 12.8. The molecule has 0 bridgehead atoms. The third-order valence-corrected chi connectivity index (χ3v) is 3.99. The van der Waals surface area contributed by atoms with Gasteiger partial charge in [-0.15, -0.1) is 0 Å². The zero-order valence-corrected chi connectivity index (χ0v) is 12.8. The van der Waals surface area contributed by atoms with E-state index in [9.17, 15) is 4.79 Å². The fraction of sp³-hybridized carbons (Fsp3) is 0.562. The number of benzene rings is 1. The molecule has 120 valence electrons. The number of carbonyl (C=O) groups is 1. The molecule has 2 heterocycles. The summed E-state index contributed by atoms with van der Waals surface area (Å²) in [6, 6.07) is 5.49. The van der Waals surface area contributed by atoms with Gasteiger partial charge in [0.15, 0.2) is 11.5 Å². The first kappa shape index (κ1) is 15.0. The van der Waals surface area contributed by atoms with Crippen LogP contribution in [0.1, 0.15) is 24.9 Å². The lowest BCUT2D eigenvalue weighted by molar-refractivity contribution is 0.171. The van der Waals surface area contributed by atoms with Gasteiger partial charge in [-0.2, -0.15) is 0 Å². The largest absolute Gasteiger partial charge is 0.486 e. The van der Waals surface area contributed by atoms with Crippen molar-refractivity contribution in [2.24, 2.45) is 5.92 Å². The molecule has 22 heavy (non-hydrogen) atoms. The van der Waals surface area contributed by atoms with Gasteiger partial charge >= 0.3 is 6.03 Å². The molecule has 2 N–H and O–H groups in total. The normalized spacial score (nSPS) is 21.2. The first-order valence-electron chi connectivity index (χ1n) is 7.74. The standard InChI is InChI=1S/C16H22N2O4/c1-11(18-16(19)17-9-12-4-5-20-10-12)13-2-3-14-15(8-13)22-7-6-21-14/h2-3,8,11-12H,4-7,9-10H2,1H3,(H2,17,18,19)/t11-,12+/m0/s1. The highest BCUT2D eigenvalue weighted by Gasteiger charge is 2.18. The van der Waals surface area contributed by atoms with Crippen molar-refractivity contribution in [1.29, 1.82) is 0 Å². The Morgan fingerprint density at radius 3 is 2.86 bits per heavy atom. The first-order chi connectivity index (χ1) is 10.7. The Hall–Kier alpha value is -1.95. The van der Waals surface area contributed by atoms with Crippen molar-refractivity contribution in [3.8, 4) is 11.5 Å². The predicted molar refractivity (Wildman–Crippen MR) is 81.3 cm³/mol. The number of ether oxygens (including phenoxy) is 3. The molecule has 2 aliphatic rings. The van der Waals surface area contributed by atoms with E-state index in [2.05, 4.69) is 10.6 Å². The van der Waals surface area contributed by atoms with Crippen LogP contribution in [0.15, 0.2) is 18.2 Å². The summed E-state index contributed by atoms with van der Waals surface area (Å²) in [7, 11) is 0. The monoisotopic (exact) mass is 306 g/mol. The van der Waals surface area contributed by atoms with Crippen LogP contribution >= 0.6 is 0 Å². The van der Waals surface area contributed by atoms with E-state index in [0.717, 1.165) is 36.7 Å². The molecule has 0 saturated carbocycles.